The molecule has 2 heterocycles. The SMILES string of the molecule is Cn1ccc2c([nH]c3cccc(OCc4ccccc4)c32)c1=O. The Kier molecular flexibility index (Phi) is 3.15. The third-order valence-corrected chi connectivity index (χ3v) is 4.06. The molecule has 0 bridgehead atoms. The molecule has 0 aliphatic carbocycles. The van der Waals surface area contributed by atoms with Crippen molar-refractivity contribution in [3.05, 3.63) is 76.7 Å². The lowest BCUT2D eigenvalue weighted by Crippen LogP contribution is -2.15. The van der Waals surface area contributed by atoms with Gasteiger partial charge in [0.05, 0.1) is 5.52 Å². The van der Waals surface area contributed by atoms with Gasteiger partial charge in [-0.1, -0.05) is 36.4 Å². The molecule has 4 rings (SSSR count). The van der Waals surface area contributed by atoms with E-state index >= 15 is 0 Å². The molecule has 0 aliphatic heterocycles. The molecule has 0 atom stereocenters. The van der Waals surface area contributed by atoms with Gasteiger partial charge in [0.15, 0.2) is 0 Å². The zero-order chi connectivity index (χ0) is 15.8. The van der Waals surface area contributed by atoms with Crippen LogP contribution in [0.2, 0.25) is 0 Å². The molecule has 0 saturated carbocycles. The van der Waals surface area contributed by atoms with Crippen LogP contribution in [0.1, 0.15) is 5.56 Å². The van der Waals surface area contributed by atoms with Crippen molar-refractivity contribution in [2.75, 3.05) is 0 Å². The van der Waals surface area contributed by atoms with Crippen LogP contribution in [0.5, 0.6) is 5.75 Å². The van der Waals surface area contributed by atoms with E-state index < -0.39 is 0 Å². The predicted molar refractivity (Wildman–Crippen MR) is 91.8 cm³/mol. The molecule has 0 saturated heterocycles. The van der Waals surface area contributed by atoms with Gasteiger partial charge in [0.1, 0.15) is 17.9 Å². The van der Waals surface area contributed by atoms with Crippen molar-refractivity contribution in [1.82, 2.24) is 9.55 Å². The second kappa shape index (κ2) is 5.32. The highest BCUT2D eigenvalue weighted by Gasteiger charge is 2.12. The highest BCUT2D eigenvalue weighted by Crippen LogP contribution is 2.32. The molecule has 0 radical (unpaired) electrons. The van der Waals surface area contributed by atoms with Gasteiger partial charge in [0.25, 0.3) is 5.56 Å². The largest absolute Gasteiger partial charge is 0.488 e. The molecule has 2 aromatic carbocycles. The first-order valence-corrected chi connectivity index (χ1v) is 7.51. The molecule has 4 heteroatoms. The lowest BCUT2D eigenvalue weighted by Gasteiger charge is -2.08. The number of aromatic amines is 1. The Morgan fingerprint density at radius 1 is 1.04 bits per heavy atom. The first kappa shape index (κ1) is 13.6. The number of nitrogens with zero attached hydrogens (tertiary/aromatic N) is 1. The molecule has 0 unspecified atom stereocenters. The average molecular weight is 304 g/mol. The van der Waals surface area contributed by atoms with E-state index in [0.717, 1.165) is 27.6 Å². The maximum Gasteiger partial charge on any atom is 0.274 e. The zero-order valence-corrected chi connectivity index (χ0v) is 12.7. The Balaban J connectivity index is 1.84. The van der Waals surface area contributed by atoms with E-state index in [9.17, 15) is 4.79 Å². The van der Waals surface area contributed by atoms with Crippen molar-refractivity contribution in [3.63, 3.8) is 0 Å². The first-order valence-electron chi connectivity index (χ1n) is 7.51. The third-order valence-electron chi connectivity index (χ3n) is 4.06. The Morgan fingerprint density at radius 2 is 1.87 bits per heavy atom. The summed E-state index contributed by atoms with van der Waals surface area (Å²) in [5.74, 6) is 0.783. The molecular weight excluding hydrogens is 288 g/mol. The van der Waals surface area contributed by atoms with Gasteiger partial charge < -0.3 is 14.3 Å². The minimum Gasteiger partial charge on any atom is -0.488 e. The van der Waals surface area contributed by atoms with Crippen molar-refractivity contribution >= 4 is 21.8 Å². The Bertz CT molecular complexity index is 1050. The van der Waals surface area contributed by atoms with Gasteiger partial charge in [-0.3, -0.25) is 4.79 Å². The van der Waals surface area contributed by atoms with Crippen LogP contribution in [0.3, 0.4) is 0 Å². The Labute approximate surface area is 132 Å². The van der Waals surface area contributed by atoms with Crippen molar-refractivity contribution < 1.29 is 4.74 Å². The van der Waals surface area contributed by atoms with E-state index in [4.69, 9.17) is 4.74 Å². The average Bonchev–Trinajstić information content (AvgIpc) is 2.97. The van der Waals surface area contributed by atoms with Crippen molar-refractivity contribution in [1.29, 1.82) is 0 Å². The normalized spacial score (nSPS) is 11.2. The van der Waals surface area contributed by atoms with E-state index in [1.807, 2.05) is 54.6 Å². The number of ether oxygens (including phenoxy) is 1. The highest BCUT2D eigenvalue weighted by molar-refractivity contribution is 6.10. The van der Waals surface area contributed by atoms with Crippen molar-refractivity contribution in [3.8, 4) is 5.75 Å². The van der Waals surface area contributed by atoms with Crippen LogP contribution in [0.4, 0.5) is 0 Å². The molecule has 0 amide bonds. The Morgan fingerprint density at radius 3 is 2.70 bits per heavy atom. The molecule has 4 aromatic rings. The minimum absolute atomic E-state index is 0.0345. The maximum absolute atomic E-state index is 12.3. The predicted octanol–water partition coefficient (Wildman–Crippen LogP) is 3.60. The number of nitrogens with one attached hydrogen (secondary N) is 1. The Hall–Kier alpha value is -3.01. The fourth-order valence-electron chi connectivity index (χ4n) is 2.86. The van der Waals surface area contributed by atoms with E-state index in [1.54, 1.807) is 17.8 Å². The summed E-state index contributed by atoms with van der Waals surface area (Å²) in [7, 11) is 1.75. The summed E-state index contributed by atoms with van der Waals surface area (Å²) in [5, 5.41) is 1.85. The molecule has 114 valence electrons. The smallest absolute Gasteiger partial charge is 0.274 e. The summed E-state index contributed by atoms with van der Waals surface area (Å²) in [6.45, 7) is 0.497. The number of hydrogen-bond acceptors (Lipinski definition) is 2. The number of aryl methyl sites for hydroxylation is 1. The van der Waals surface area contributed by atoms with E-state index in [0.29, 0.717) is 12.1 Å². The van der Waals surface area contributed by atoms with E-state index in [2.05, 4.69) is 4.98 Å². The number of H-pyrrole nitrogens is 1. The summed E-state index contributed by atoms with van der Waals surface area (Å²) in [6.07, 6.45) is 1.78. The molecule has 23 heavy (non-hydrogen) atoms. The van der Waals surface area contributed by atoms with E-state index in [-0.39, 0.29) is 5.56 Å². The zero-order valence-electron chi connectivity index (χ0n) is 12.7. The lowest BCUT2D eigenvalue weighted by molar-refractivity contribution is 0.310. The lowest BCUT2D eigenvalue weighted by atomic mass is 10.1. The van der Waals surface area contributed by atoms with Gasteiger partial charge in [-0.05, 0) is 23.8 Å². The number of hydrogen-bond donors (Lipinski definition) is 1. The summed E-state index contributed by atoms with van der Waals surface area (Å²) in [4.78, 5) is 15.5. The van der Waals surface area contributed by atoms with Crippen LogP contribution in [-0.4, -0.2) is 9.55 Å². The second-order valence-electron chi connectivity index (χ2n) is 5.60. The van der Waals surface area contributed by atoms with Crippen LogP contribution in [0.25, 0.3) is 21.8 Å². The summed E-state index contributed by atoms with van der Waals surface area (Å²) in [5.41, 5.74) is 2.60. The van der Waals surface area contributed by atoms with Crippen LogP contribution in [-0.2, 0) is 13.7 Å². The standard InChI is InChI=1S/C19H16N2O2/c1-21-11-10-14-17-15(20-18(14)19(21)22)8-5-9-16(17)23-12-13-6-3-2-4-7-13/h2-11,20H,12H2,1H3. The van der Waals surface area contributed by atoms with Gasteiger partial charge in [-0.2, -0.15) is 0 Å². The quantitative estimate of drug-likeness (QED) is 0.628. The van der Waals surface area contributed by atoms with Crippen LogP contribution in [0.15, 0.2) is 65.6 Å². The number of pyridine rings is 1. The summed E-state index contributed by atoms with van der Waals surface area (Å²) in [6, 6.07) is 17.8. The number of benzene rings is 2. The van der Waals surface area contributed by atoms with Crippen LogP contribution in [0, 0.1) is 0 Å². The fourth-order valence-corrected chi connectivity index (χ4v) is 2.86. The fraction of sp³-hybridized carbons (Fsp3) is 0.105. The van der Waals surface area contributed by atoms with Gasteiger partial charge in [-0.15, -0.1) is 0 Å². The van der Waals surface area contributed by atoms with Crippen molar-refractivity contribution in [2.45, 2.75) is 6.61 Å². The molecular formula is C19H16N2O2. The monoisotopic (exact) mass is 304 g/mol. The maximum atomic E-state index is 12.3. The van der Waals surface area contributed by atoms with Crippen LogP contribution < -0.4 is 10.3 Å². The third kappa shape index (κ3) is 2.28. The number of aromatic nitrogens is 2. The molecule has 0 fully saturated rings. The molecule has 1 N–H and O–H groups in total. The highest BCUT2D eigenvalue weighted by atomic mass is 16.5. The van der Waals surface area contributed by atoms with Crippen LogP contribution >= 0.6 is 0 Å². The van der Waals surface area contributed by atoms with Crippen molar-refractivity contribution in [2.24, 2.45) is 7.05 Å². The molecule has 2 aromatic heterocycles. The van der Waals surface area contributed by atoms with Gasteiger partial charge in [-0.25, -0.2) is 0 Å². The van der Waals surface area contributed by atoms with Gasteiger partial charge in [0.2, 0.25) is 0 Å². The topological polar surface area (TPSA) is 47.0 Å². The molecule has 0 aliphatic rings. The van der Waals surface area contributed by atoms with E-state index in [1.165, 1.54) is 0 Å². The molecule has 4 nitrogen and oxygen atoms in total. The summed E-state index contributed by atoms with van der Waals surface area (Å²) >= 11 is 0. The second-order valence-corrected chi connectivity index (χ2v) is 5.60. The number of fused-ring (bicyclic) bond motifs is 3. The number of rotatable bonds is 3. The first-order chi connectivity index (χ1) is 11.2. The summed E-state index contributed by atoms with van der Waals surface area (Å²) < 4.78 is 7.58. The molecule has 0 spiro atoms. The van der Waals surface area contributed by atoms with Gasteiger partial charge in [0, 0.05) is 24.0 Å². The minimum atomic E-state index is -0.0345. The van der Waals surface area contributed by atoms with Gasteiger partial charge >= 0.3 is 0 Å².